The van der Waals surface area contributed by atoms with E-state index in [-0.39, 0.29) is 6.10 Å². The molecular weight excluding hydrogens is 276 g/mol. The number of nitrogens with zero attached hydrogens (tertiary/aromatic N) is 3. The van der Waals surface area contributed by atoms with Crippen LogP contribution in [-0.2, 0) is 11.3 Å². The second-order valence-electron chi connectivity index (χ2n) is 6.01. The molecule has 1 unspecified atom stereocenters. The number of benzene rings is 1. The molecule has 1 saturated heterocycles. The lowest BCUT2D eigenvalue weighted by atomic mass is 9.95. The minimum Gasteiger partial charge on any atom is -0.373 e. The monoisotopic (exact) mass is 300 g/mol. The summed E-state index contributed by atoms with van der Waals surface area (Å²) < 4.78 is 7.82. The smallest absolute Gasteiger partial charge is 0.137 e. The summed E-state index contributed by atoms with van der Waals surface area (Å²) in [5, 5.41) is 7.78. The number of aromatic nitrogens is 3. The van der Waals surface area contributed by atoms with Gasteiger partial charge in [0.05, 0.1) is 6.10 Å². The van der Waals surface area contributed by atoms with Crippen molar-refractivity contribution in [2.24, 2.45) is 5.92 Å². The summed E-state index contributed by atoms with van der Waals surface area (Å²) in [4.78, 5) is 3.97. The molecule has 118 valence electrons. The van der Waals surface area contributed by atoms with Crippen LogP contribution in [0.5, 0.6) is 0 Å². The van der Waals surface area contributed by atoms with E-state index in [1.165, 1.54) is 5.56 Å². The van der Waals surface area contributed by atoms with Crippen LogP contribution in [-0.4, -0.2) is 34.0 Å². The molecule has 5 nitrogen and oxygen atoms in total. The molecule has 0 saturated carbocycles. The molecule has 5 heteroatoms. The van der Waals surface area contributed by atoms with Gasteiger partial charge in [0.2, 0.25) is 0 Å². The third-order valence-corrected chi connectivity index (χ3v) is 4.33. The molecule has 2 aromatic rings. The number of rotatable bonds is 7. The van der Waals surface area contributed by atoms with Gasteiger partial charge in [0.1, 0.15) is 12.7 Å². The average molecular weight is 300 g/mol. The molecule has 1 aromatic carbocycles. The van der Waals surface area contributed by atoms with Crippen molar-refractivity contribution in [1.82, 2.24) is 20.1 Å². The van der Waals surface area contributed by atoms with Crippen LogP contribution < -0.4 is 5.32 Å². The molecule has 3 atom stereocenters. The van der Waals surface area contributed by atoms with E-state index >= 15 is 0 Å². The summed E-state index contributed by atoms with van der Waals surface area (Å²) in [6, 6.07) is 11.0. The molecule has 0 bridgehead atoms. The first-order chi connectivity index (χ1) is 10.8. The molecule has 1 aliphatic heterocycles. The summed E-state index contributed by atoms with van der Waals surface area (Å²) in [5.41, 5.74) is 1.29. The summed E-state index contributed by atoms with van der Waals surface area (Å²) in [6.45, 7) is 4.99. The first-order valence-electron chi connectivity index (χ1n) is 8.05. The topological polar surface area (TPSA) is 52.0 Å². The summed E-state index contributed by atoms with van der Waals surface area (Å²) >= 11 is 0. The fourth-order valence-electron chi connectivity index (χ4n) is 2.98. The van der Waals surface area contributed by atoms with Crippen LogP contribution in [0.3, 0.4) is 0 Å². The van der Waals surface area contributed by atoms with E-state index in [0.717, 1.165) is 32.5 Å². The highest BCUT2D eigenvalue weighted by atomic mass is 16.5. The number of ether oxygens (including phenoxy) is 1. The first kappa shape index (κ1) is 15.2. The van der Waals surface area contributed by atoms with Gasteiger partial charge in [0.15, 0.2) is 0 Å². The van der Waals surface area contributed by atoms with E-state index in [0.29, 0.717) is 12.0 Å². The average Bonchev–Trinajstić information content (AvgIpc) is 3.23. The quantitative estimate of drug-likeness (QED) is 0.853. The van der Waals surface area contributed by atoms with Gasteiger partial charge in [-0.1, -0.05) is 30.3 Å². The predicted molar refractivity (Wildman–Crippen MR) is 85.3 cm³/mol. The van der Waals surface area contributed by atoms with Gasteiger partial charge in [-0.05, 0) is 25.3 Å². The van der Waals surface area contributed by atoms with E-state index < -0.39 is 0 Å². The molecule has 1 fully saturated rings. The molecule has 1 aromatic heterocycles. The Labute approximate surface area is 131 Å². The van der Waals surface area contributed by atoms with Crippen LogP contribution in [0.1, 0.15) is 31.4 Å². The van der Waals surface area contributed by atoms with Gasteiger partial charge in [-0.3, -0.25) is 4.68 Å². The number of hydrogen-bond donors (Lipinski definition) is 1. The van der Waals surface area contributed by atoms with Crippen molar-refractivity contribution in [3.63, 3.8) is 0 Å². The Morgan fingerprint density at radius 3 is 3.00 bits per heavy atom. The van der Waals surface area contributed by atoms with E-state index in [9.17, 15) is 0 Å². The van der Waals surface area contributed by atoms with Crippen molar-refractivity contribution >= 4 is 0 Å². The van der Waals surface area contributed by atoms with Gasteiger partial charge in [-0.15, -0.1) is 0 Å². The van der Waals surface area contributed by atoms with Crippen molar-refractivity contribution in [2.45, 2.75) is 38.5 Å². The Kier molecular flexibility index (Phi) is 5.19. The van der Waals surface area contributed by atoms with Crippen molar-refractivity contribution in [2.75, 3.05) is 13.2 Å². The fourth-order valence-corrected chi connectivity index (χ4v) is 2.98. The predicted octanol–water partition coefficient (Wildman–Crippen LogP) is 2.42. The van der Waals surface area contributed by atoms with Gasteiger partial charge < -0.3 is 10.1 Å². The van der Waals surface area contributed by atoms with E-state index in [4.69, 9.17) is 4.74 Å². The largest absolute Gasteiger partial charge is 0.373 e. The van der Waals surface area contributed by atoms with Gasteiger partial charge >= 0.3 is 0 Å². The molecule has 0 aliphatic carbocycles. The van der Waals surface area contributed by atoms with Gasteiger partial charge in [-0.25, -0.2) is 4.98 Å². The maximum atomic E-state index is 5.94. The van der Waals surface area contributed by atoms with E-state index in [1.807, 2.05) is 4.68 Å². The zero-order valence-electron chi connectivity index (χ0n) is 13.1. The highest BCUT2D eigenvalue weighted by molar-refractivity contribution is 5.19. The zero-order valence-corrected chi connectivity index (χ0v) is 13.1. The van der Waals surface area contributed by atoms with Gasteiger partial charge in [0.25, 0.3) is 0 Å². The Morgan fingerprint density at radius 1 is 1.36 bits per heavy atom. The highest BCUT2D eigenvalue weighted by Gasteiger charge is 2.29. The second-order valence-corrected chi connectivity index (χ2v) is 6.01. The number of nitrogens with one attached hydrogen (secondary N) is 1. The van der Waals surface area contributed by atoms with Crippen molar-refractivity contribution in [1.29, 1.82) is 0 Å². The molecule has 0 radical (unpaired) electrons. The lowest BCUT2D eigenvalue weighted by Crippen LogP contribution is -2.33. The van der Waals surface area contributed by atoms with Crippen LogP contribution in [0, 0.1) is 5.92 Å². The third-order valence-electron chi connectivity index (χ3n) is 4.33. The Balaban J connectivity index is 1.46. The zero-order chi connectivity index (χ0) is 15.2. The molecule has 0 spiro atoms. The first-order valence-corrected chi connectivity index (χ1v) is 8.05. The Bertz CT molecular complexity index is 543. The van der Waals surface area contributed by atoms with Crippen LogP contribution in [0.25, 0.3) is 0 Å². The number of aryl methyl sites for hydroxylation is 1. The van der Waals surface area contributed by atoms with Gasteiger partial charge in [-0.2, -0.15) is 5.10 Å². The summed E-state index contributed by atoms with van der Waals surface area (Å²) in [7, 11) is 0. The van der Waals surface area contributed by atoms with Gasteiger partial charge in [0, 0.05) is 31.7 Å². The van der Waals surface area contributed by atoms with Crippen molar-refractivity contribution < 1.29 is 4.74 Å². The number of hydrogen-bond acceptors (Lipinski definition) is 4. The van der Waals surface area contributed by atoms with E-state index in [2.05, 4.69) is 52.7 Å². The third kappa shape index (κ3) is 3.93. The maximum Gasteiger partial charge on any atom is 0.137 e. The van der Waals surface area contributed by atoms with Crippen LogP contribution in [0.2, 0.25) is 0 Å². The molecular formula is C17H24N4O. The molecule has 1 N–H and O–H groups in total. The van der Waals surface area contributed by atoms with Crippen LogP contribution in [0.15, 0.2) is 43.0 Å². The standard InChI is InChI=1S/C17H24N4O/c1-14(7-9-21-13-18-12-20-21)19-11-16-8-10-22-17(16)15-5-3-2-4-6-15/h2-6,12-14,16-17,19H,7-11H2,1H3/t14?,16-,17-/m1/s1. The fraction of sp³-hybridized carbons (Fsp3) is 0.529. The van der Waals surface area contributed by atoms with Crippen molar-refractivity contribution in [3.8, 4) is 0 Å². The normalized spacial score (nSPS) is 22.8. The maximum absolute atomic E-state index is 5.94. The summed E-state index contributed by atoms with van der Waals surface area (Å²) in [6.07, 6.45) is 5.76. The highest BCUT2D eigenvalue weighted by Crippen LogP contribution is 2.33. The molecule has 22 heavy (non-hydrogen) atoms. The van der Waals surface area contributed by atoms with Crippen LogP contribution in [0.4, 0.5) is 0 Å². The lowest BCUT2D eigenvalue weighted by molar-refractivity contribution is 0.0898. The molecule has 1 aliphatic rings. The molecule has 2 heterocycles. The second kappa shape index (κ2) is 7.51. The van der Waals surface area contributed by atoms with Crippen LogP contribution >= 0.6 is 0 Å². The molecule has 3 rings (SSSR count). The minimum absolute atomic E-state index is 0.233. The van der Waals surface area contributed by atoms with E-state index in [1.54, 1.807) is 12.7 Å². The molecule has 0 amide bonds. The SMILES string of the molecule is CC(CCn1cncn1)NC[C@H]1CCO[C@@H]1c1ccccc1. The summed E-state index contributed by atoms with van der Waals surface area (Å²) in [5.74, 6) is 0.552. The lowest BCUT2D eigenvalue weighted by Gasteiger charge is -2.22. The van der Waals surface area contributed by atoms with Crippen molar-refractivity contribution in [3.05, 3.63) is 48.5 Å². The minimum atomic E-state index is 0.233. The Morgan fingerprint density at radius 2 is 2.23 bits per heavy atom. The Hall–Kier alpha value is -1.72.